The number of anilines is 1. The minimum absolute atomic E-state index is 0.428. The van der Waals surface area contributed by atoms with Gasteiger partial charge in [0.25, 0.3) is 0 Å². The number of nitrogens with one attached hydrogen (secondary N) is 1. The van der Waals surface area contributed by atoms with Crippen LogP contribution < -0.4 is 10.1 Å². The van der Waals surface area contributed by atoms with Crippen LogP contribution in [-0.2, 0) is 4.74 Å². The van der Waals surface area contributed by atoms with Crippen LogP contribution in [0.5, 0.6) is 5.75 Å². The molecule has 0 heterocycles. The minimum atomic E-state index is -0.428. The zero-order valence-corrected chi connectivity index (χ0v) is 11.9. The van der Waals surface area contributed by atoms with Gasteiger partial charge in [-0.1, -0.05) is 12.8 Å². The highest BCUT2D eigenvalue weighted by Gasteiger charge is 2.02. The molecule has 1 amide bonds. The molecule has 1 aromatic rings. The van der Waals surface area contributed by atoms with E-state index in [2.05, 4.69) is 5.32 Å². The van der Waals surface area contributed by atoms with Crippen molar-refractivity contribution in [2.75, 3.05) is 24.9 Å². The molecular weight excluding hydrogens is 266 g/mol. The van der Waals surface area contributed by atoms with E-state index in [1.54, 1.807) is 31.4 Å². The highest BCUT2D eigenvalue weighted by Crippen LogP contribution is 2.15. The molecule has 0 radical (unpaired) electrons. The molecule has 1 rings (SSSR count). The first-order valence-corrected chi connectivity index (χ1v) is 6.93. The number of hydrogen-bond donors (Lipinski definition) is 1. The van der Waals surface area contributed by atoms with Crippen molar-refractivity contribution in [1.82, 2.24) is 0 Å². The van der Waals surface area contributed by atoms with Gasteiger partial charge in [0.05, 0.1) is 13.7 Å². The minimum Gasteiger partial charge on any atom is -0.497 e. The smallest absolute Gasteiger partial charge is 0.411 e. The van der Waals surface area contributed by atoms with E-state index in [0.717, 1.165) is 31.4 Å². The van der Waals surface area contributed by atoms with E-state index in [1.165, 1.54) is 0 Å². The number of ether oxygens (including phenoxy) is 2. The molecule has 0 spiro atoms. The molecule has 0 aliphatic rings. The molecule has 0 saturated carbocycles. The first-order valence-electron chi connectivity index (χ1n) is 6.40. The summed E-state index contributed by atoms with van der Waals surface area (Å²) in [7, 11) is 1.60. The van der Waals surface area contributed by atoms with Gasteiger partial charge in [-0.05, 0) is 37.1 Å². The van der Waals surface area contributed by atoms with Gasteiger partial charge in [-0.3, -0.25) is 5.32 Å². The van der Waals surface area contributed by atoms with Crippen LogP contribution in [-0.4, -0.2) is 25.7 Å². The number of amides is 1. The van der Waals surface area contributed by atoms with Gasteiger partial charge < -0.3 is 9.47 Å². The van der Waals surface area contributed by atoms with Gasteiger partial charge in [0, 0.05) is 11.6 Å². The van der Waals surface area contributed by atoms with E-state index in [9.17, 15) is 4.79 Å². The Kier molecular flexibility index (Phi) is 7.82. The average Bonchev–Trinajstić information content (AvgIpc) is 2.43. The maximum Gasteiger partial charge on any atom is 0.411 e. The van der Waals surface area contributed by atoms with Crippen molar-refractivity contribution in [3.8, 4) is 5.75 Å². The van der Waals surface area contributed by atoms with Crippen molar-refractivity contribution in [1.29, 1.82) is 0 Å². The number of halogens is 1. The largest absolute Gasteiger partial charge is 0.497 e. The Morgan fingerprint density at radius 2 is 1.84 bits per heavy atom. The second-order valence-corrected chi connectivity index (χ2v) is 4.47. The van der Waals surface area contributed by atoms with E-state index in [-0.39, 0.29) is 0 Å². The molecular formula is C14H20ClNO3. The van der Waals surface area contributed by atoms with Gasteiger partial charge in [-0.15, -0.1) is 11.6 Å². The Balaban J connectivity index is 2.16. The molecule has 19 heavy (non-hydrogen) atoms. The number of rotatable bonds is 8. The van der Waals surface area contributed by atoms with E-state index in [1.807, 2.05) is 0 Å². The van der Waals surface area contributed by atoms with Gasteiger partial charge in [-0.25, -0.2) is 4.79 Å². The van der Waals surface area contributed by atoms with E-state index >= 15 is 0 Å². The number of carbonyl (C=O) groups excluding carboxylic acids is 1. The first kappa shape index (κ1) is 15.6. The number of benzene rings is 1. The van der Waals surface area contributed by atoms with Crippen LogP contribution in [0.15, 0.2) is 24.3 Å². The number of carbonyl (C=O) groups is 1. The van der Waals surface area contributed by atoms with Crippen LogP contribution in [0.25, 0.3) is 0 Å². The Labute approximate surface area is 119 Å². The highest BCUT2D eigenvalue weighted by molar-refractivity contribution is 6.17. The number of hydrogen-bond acceptors (Lipinski definition) is 3. The molecule has 0 fully saturated rings. The van der Waals surface area contributed by atoms with E-state index in [0.29, 0.717) is 18.2 Å². The normalized spacial score (nSPS) is 10.0. The summed E-state index contributed by atoms with van der Waals surface area (Å²) in [4.78, 5) is 11.5. The summed E-state index contributed by atoms with van der Waals surface area (Å²) in [5.74, 6) is 1.44. The molecule has 0 aliphatic carbocycles. The summed E-state index contributed by atoms with van der Waals surface area (Å²) in [5, 5.41) is 2.66. The first-order chi connectivity index (χ1) is 9.26. The summed E-state index contributed by atoms with van der Waals surface area (Å²) in [6.45, 7) is 0.435. The molecule has 5 heteroatoms. The molecule has 0 atom stereocenters. The zero-order valence-electron chi connectivity index (χ0n) is 11.2. The topological polar surface area (TPSA) is 47.6 Å². The molecule has 0 unspecified atom stereocenters. The van der Waals surface area contributed by atoms with Crippen molar-refractivity contribution < 1.29 is 14.3 Å². The van der Waals surface area contributed by atoms with Crippen LogP contribution in [0, 0.1) is 0 Å². The van der Waals surface area contributed by atoms with Crippen molar-refractivity contribution in [3.05, 3.63) is 24.3 Å². The Hall–Kier alpha value is -1.42. The van der Waals surface area contributed by atoms with Crippen molar-refractivity contribution in [2.45, 2.75) is 25.7 Å². The lowest BCUT2D eigenvalue weighted by molar-refractivity contribution is 0.159. The summed E-state index contributed by atoms with van der Waals surface area (Å²) in [5.41, 5.74) is 0.688. The fraction of sp³-hybridized carbons (Fsp3) is 0.500. The van der Waals surface area contributed by atoms with Crippen LogP contribution >= 0.6 is 11.6 Å². The predicted octanol–water partition coefficient (Wildman–Crippen LogP) is 4.04. The highest BCUT2D eigenvalue weighted by atomic mass is 35.5. The molecule has 0 aliphatic heterocycles. The molecule has 106 valence electrons. The SMILES string of the molecule is COc1ccc(NC(=O)OCCCCCCCl)cc1. The second kappa shape index (κ2) is 9.50. The predicted molar refractivity (Wildman–Crippen MR) is 77.2 cm³/mol. The third-order valence-corrected chi connectivity index (χ3v) is 2.86. The van der Waals surface area contributed by atoms with E-state index in [4.69, 9.17) is 21.1 Å². The quantitative estimate of drug-likeness (QED) is 0.579. The maximum atomic E-state index is 11.5. The fourth-order valence-electron chi connectivity index (χ4n) is 1.54. The van der Waals surface area contributed by atoms with Gasteiger partial charge in [0.15, 0.2) is 0 Å². The third-order valence-electron chi connectivity index (χ3n) is 2.60. The Morgan fingerprint density at radius 3 is 2.47 bits per heavy atom. The Morgan fingerprint density at radius 1 is 1.16 bits per heavy atom. The third kappa shape index (κ3) is 6.91. The summed E-state index contributed by atoms with van der Waals surface area (Å²) in [6, 6.07) is 7.09. The van der Waals surface area contributed by atoms with Crippen LogP contribution in [0.2, 0.25) is 0 Å². The van der Waals surface area contributed by atoms with Gasteiger partial charge >= 0.3 is 6.09 Å². The van der Waals surface area contributed by atoms with Gasteiger partial charge in [-0.2, -0.15) is 0 Å². The van der Waals surface area contributed by atoms with Crippen LogP contribution in [0.4, 0.5) is 10.5 Å². The Bertz CT molecular complexity index is 367. The van der Waals surface area contributed by atoms with Crippen LogP contribution in [0.3, 0.4) is 0 Å². The lowest BCUT2D eigenvalue weighted by Gasteiger charge is -2.07. The molecule has 1 aromatic carbocycles. The lowest BCUT2D eigenvalue weighted by Crippen LogP contribution is -2.14. The van der Waals surface area contributed by atoms with Crippen molar-refractivity contribution >= 4 is 23.4 Å². The summed E-state index contributed by atoms with van der Waals surface area (Å²) < 4.78 is 10.1. The fourth-order valence-corrected chi connectivity index (χ4v) is 1.73. The standard InChI is InChI=1S/C14H20ClNO3/c1-18-13-8-6-12(7-9-13)16-14(17)19-11-5-3-2-4-10-15/h6-9H,2-5,10-11H2,1H3,(H,16,17). The van der Waals surface area contributed by atoms with Crippen molar-refractivity contribution in [2.24, 2.45) is 0 Å². The average molecular weight is 286 g/mol. The zero-order chi connectivity index (χ0) is 13.9. The van der Waals surface area contributed by atoms with Crippen LogP contribution in [0.1, 0.15) is 25.7 Å². The molecule has 0 saturated heterocycles. The summed E-state index contributed by atoms with van der Waals surface area (Å²) >= 11 is 5.57. The number of methoxy groups -OCH3 is 1. The summed E-state index contributed by atoms with van der Waals surface area (Å²) in [6.07, 6.45) is 3.56. The number of alkyl halides is 1. The monoisotopic (exact) mass is 285 g/mol. The number of unbranched alkanes of at least 4 members (excludes halogenated alkanes) is 3. The molecule has 0 bridgehead atoms. The van der Waals surface area contributed by atoms with E-state index < -0.39 is 6.09 Å². The second-order valence-electron chi connectivity index (χ2n) is 4.09. The lowest BCUT2D eigenvalue weighted by atomic mass is 10.2. The van der Waals surface area contributed by atoms with Gasteiger partial charge in [0.1, 0.15) is 5.75 Å². The molecule has 4 nitrogen and oxygen atoms in total. The maximum absolute atomic E-state index is 11.5. The molecule has 1 N–H and O–H groups in total. The molecule has 0 aromatic heterocycles. The van der Waals surface area contributed by atoms with Crippen molar-refractivity contribution in [3.63, 3.8) is 0 Å². The van der Waals surface area contributed by atoms with Gasteiger partial charge in [0.2, 0.25) is 0 Å².